The molecule has 1 unspecified atom stereocenters. The smallest absolute Gasteiger partial charge is 0.0438 e. The first-order valence-corrected chi connectivity index (χ1v) is 4.62. The van der Waals surface area contributed by atoms with E-state index in [1.807, 2.05) is 12.3 Å². The molecular formula is C11H14N. The highest BCUT2D eigenvalue weighted by Crippen LogP contribution is 2.24. The Bertz CT molecular complexity index is 267. The SMILES string of the molecule is C[CH]C1CCc2cccnc2C1. The fraction of sp³-hybridized carbons (Fsp3) is 0.455. The van der Waals surface area contributed by atoms with Crippen LogP contribution in [0, 0.1) is 12.3 Å². The Kier molecular flexibility index (Phi) is 2.11. The summed E-state index contributed by atoms with van der Waals surface area (Å²) in [7, 11) is 0. The van der Waals surface area contributed by atoms with Crippen LogP contribution in [0.15, 0.2) is 18.3 Å². The maximum absolute atomic E-state index is 4.40. The second kappa shape index (κ2) is 3.26. The van der Waals surface area contributed by atoms with E-state index < -0.39 is 0 Å². The Morgan fingerprint density at radius 2 is 2.50 bits per heavy atom. The molecule has 0 N–H and O–H groups in total. The molecular weight excluding hydrogens is 146 g/mol. The molecule has 0 bridgehead atoms. The van der Waals surface area contributed by atoms with Gasteiger partial charge >= 0.3 is 0 Å². The van der Waals surface area contributed by atoms with Gasteiger partial charge in [0.05, 0.1) is 0 Å². The Morgan fingerprint density at radius 3 is 3.33 bits per heavy atom. The molecule has 63 valence electrons. The van der Waals surface area contributed by atoms with E-state index >= 15 is 0 Å². The van der Waals surface area contributed by atoms with Gasteiger partial charge in [-0.1, -0.05) is 13.0 Å². The van der Waals surface area contributed by atoms with E-state index in [0.717, 1.165) is 12.3 Å². The predicted octanol–water partition coefficient (Wildman–Crippen LogP) is 2.41. The zero-order chi connectivity index (χ0) is 8.39. The van der Waals surface area contributed by atoms with Crippen molar-refractivity contribution in [1.29, 1.82) is 0 Å². The normalized spacial score (nSPS) is 21.9. The molecule has 0 spiro atoms. The summed E-state index contributed by atoms with van der Waals surface area (Å²) in [5.74, 6) is 0.757. The van der Waals surface area contributed by atoms with Crippen LogP contribution in [0.2, 0.25) is 0 Å². The molecule has 12 heavy (non-hydrogen) atoms. The van der Waals surface area contributed by atoms with Crippen LogP contribution in [0.1, 0.15) is 24.6 Å². The van der Waals surface area contributed by atoms with E-state index in [4.69, 9.17) is 0 Å². The van der Waals surface area contributed by atoms with Crippen LogP contribution in [0.3, 0.4) is 0 Å². The Balaban J connectivity index is 2.23. The highest BCUT2D eigenvalue weighted by Gasteiger charge is 2.17. The van der Waals surface area contributed by atoms with Crippen LogP contribution in [-0.4, -0.2) is 4.98 Å². The van der Waals surface area contributed by atoms with Crippen LogP contribution in [0.4, 0.5) is 0 Å². The molecule has 1 atom stereocenters. The summed E-state index contributed by atoms with van der Waals surface area (Å²) in [6.45, 7) is 2.15. The fourth-order valence-corrected chi connectivity index (χ4v) is 1.86. The standard InChI is InChI=1S/C11H14N/c1-2-9-5-6-10-4-3-7-12-11(10)8-9/h2-4,7,9H,5-6,8H2,1H3. The van der Waals surface area contributed by atoms with Gasteiger partial charge in [-0.3, -0.25) is 4.98 Å². The van der Waals surface area contributed by atoms with Gasteiger partial charge in [0.1, 0.15) is 0 Å². The second-order valence-electron chi connectivity index (χ2n) is 3.45. The number of aryl methyl sites for hydroxylation is 1. The fourth-order valence-electron chi connectivity index (χ4n) is 1.86. The minimum atomic E-state index is 0.757. The average molecular weight is 160 g/mol. The van der Waals surface area contributed by atoms with Gasteiger partial charge in [-0.05, 0) is 43.2 Å². The predicted molar refractivity (Wildman–Crippen MR) is 49.7 cm³/mol. The maximum atomic E-state index is 4.40. The van der Waals surface area contributed by atoms with Gasteiger partial charge in [-0.25, -0.2) is 0 Å². The molecule has 1 radical (unpaired) electrons. The zero-order valence-corrected chi connectivity index (χ0v) is 7.46. The Labute approximate surface area is 73.8 Å². The molecule has 1 heteroatoms. The van der Waals surface area contributed by atoms with Crippen molar-refractivity contribution in [2.24, 2.45) is 5.92 Å². The van der Waals surface area contributed by atoms with E-state index in [2.05, 4.69) is 24.4 Å². The lowest BCUT2D eigenvalue weighted by Gasteiger charge is -2.21. The lowest BCUT2D eigenvalue weighted by molar-refractivity contribution is 0.510. The van der Waals surface area contributed by atoms with Crippen molar-refractivity contribution < 1.29 is 0 Å². The number of aromatic nitrogens is 1. The third-order valence-corrected chi connectivity index (χ3v) is 2.70. The molecule has 0 amide bonds. The number of hydrogen-bond donors (Lipinski definition) is 0. The largest absolute Gasteiger partial charge is 0.261 e. The molecule has 2 rings (SSSR count). The average Bonchev–Trinajstić information content (AvgIpc) is 2.17. The topological polar surface area (TPSA) is 12.9 Å². The molecule has 1 aliphatic rings. The van der Waals surface area contributed by atoms with Gasteiger partial charge in [0, 0.05) is 11.9 Å². The summed E-state index contributed by atoms with van der Waals surface area (Å²) in [6, 6.07) is 4.24. The third-order valence-electron chi connectivity index (χ3n) is 2.70. The van der Waals surface area contributed by atoms with E-state index in [0.29, 0.717) is 0 Å². The number of hydrogen-bond acceptors (Lipinski definition) is 1. The molecule has 1 aromatic rings. The van der Waals surface area contributed by atoms with Crippen LogP contribution < -0.4 is 0 Å². The van der Waals surface area contributed by atoms with Crippen LogP contribution in [-0.2, 0) is 12.8 Å². The van der Waals surface area contributed by atoms with Gasteiger partial charge in [0.25, 0.3) is 0 Å². The minimum absolute atomic E-state index is 0.757. The number of nitrogens with zero attached hydrogens (tertiary/aromatic N) is 1. The highest BCUT2D eigenvalue weighted by molar-refractivity contribution is 5.23. The minimum Gasteiger partial charge on any atom is -0.261 e. The second-order valence-corrected chi connectivity index (χ2v) is 3.45. The van der Waals surface area contributed by atoms with Gasteiger partial charge < -0.3 is 0 Å². The van der Waals surface area contributed by atoms with Crippen molar-refractivity contribution in [1.82, 2.24) is 4.98 Å². The van der Waals surface area contributed by atoms with Crippen molar-refractivity contribution in [3.8, 4) is 0 Å². The first-order valence-electron chi connectivity index (χ1n) is 4.62. The maximum Gasteiger partial charge on any atom is 0.0438 e. The van der Waals surface area contributed by atoms with Gasteiger partial charge in [0.2, 0.25) is 0 Å². The summed E-state index contributed by atoms with van der Waals surface area (Å²) in [5.41, 5.74) is 2.77. The number of rotatable bonds is 1. The third kappa shape index (κ3) is 1.36. The zero-order valence-electron chi connectivity index (χ0n) is 7.46. The van der Waals surface area contributed by atoms with E-state index in [9.17, 15) is 0 Å². The van der Waals surface area contributed by atoms with Gasteiger partial charge in [-0.15, -0.1) is 0 Å². The summed E-state index contributed by atoms with van der Waals surface area (Å²) < 4.78 is 0. The summed E-state index contributed by atoms with van der Waals surface area (Å²) >= 11 is 0. The molecule has 1 nitrogen and oxygen atoms in total. The van der Waals surface area contributed by atoms with Crippen LogP contribution >= 0.6 is 0 Å². The molecule has 0 saturated heterocycles. The van der Waals surface area contributed by atoms with Gasteiger partial charge in [0.15, 0.2) is 0 Å². The van der Waals surface area contributed by atoms with Crippen molar-refractivity contribution in [2.75, 3.05) is 0 Å². The van der Waals surface area contributed by atoms with E-state index in [-0.39, 0.29) is 0 Å². The van der Waals surface area contributed by atoms with Gasteiger partial charge in [-0.2, -0.15) is 0 Å². The molecule has 0 fully saturated rings. The molecule has 0 aliphatic heterocycles. The highest BCUT2D eigenvalue weighted by atomic mass is 14.7. The van der Waals surface area contributed by atoms with E-state index in [1.165, 1.54) is 24.1 Å². The number of pyridine rings is 1. The van der Waals surface area contributed by atoms with Crippen molar-refractivity contribution >= 4 is 0 Å². The summed E-state index contributed by atoms with van der Waals surface area (Å²) in [4.78, 5) is 4.40. The summed E-state index contributed by atoms with van der Waals surface area (Å²) in [5, 5.41) is 0. The van der Waals surface area contributed by atoms with Crippen molar-refractivity contribution in [2.45, 2.75) is 26.2 Å². The Hall–Kier alpha value is -0.850. The molecule has 0 saturated carbocycles. The molecule has 1 heterocycles. The first kappa shape index (κ1) is 7.78. The van der Waals surface area contributed by atoms with Crippen LogP contribution in [0.5, 0.6) is 0 Å². The Morgan fingerprint density at radius 1 is 1.58 bits per heavy atom. The quantitative estimate of drug-likeness (QED) is 0.614. The number of fused-ring (bicyclic) bond motifs is 1. The van der Waals surface area contributed by atoms with Crippen molar-refractivity contribution in [3.63, 3.8) is 0 Å². The van der Waals surface area contributed by atoms with E-state index in [1.54, 1.807) is 0 Å². The van der Waals surface area contributed by atoms with Crippen molar-refractivity contribution in [3.05, 3.63) is 36.0 Å². The lowest BCUT2D eigenvalue weighted by Crippen LogP contribution is -2.14. The van der Waals surface area contributed by atoms with Crippen LogP contribution in [0.25, 0.3) is 0 Å². The monoisotopic (exact) mass is 160 g/mol. The molecule has 0 aromatic carbocycles. The molecule has 1 aliphatic carbocycles. The molecule has 1 aromatic heterocycles. The lowest BCUT2D eigenvalue weighted by atomic mass is 9.85. The summed E-state index contributed by atoms with van der Waals surface area (Å²) in [6.07, 6.45) is 7.86. The first-order chi connectivity index (χ1) is 5.90.